The van der Waals surface area contributed by atoms with Gasteiger partial charge in [-0.1, -0.05) is 18.2 Å². The van der Waals surface area contributed by atoms with Crippen LogP contribution in [0.5, 0.6) is 5.75 Å². The van der Waals surface area contributed by atoms with Crippen LogP contribution in [0.2, 0.25) is 0 Å². The van der Waals surface area contributed by atoms with E-state index in [-0.39, 0.29) is 12.1 Å². The van der Waals surface area contributed by atoms with E-state index in [1.807, 2.05) is 0 Å². The van der Waals surface area contributed by atoms with Crippen LogP contribution < -0.4 is 10.5 Å². The van der Waals surface area contributed by atoms with Gasteiger partial charge in [-0.25, -0.2) is 0 Å². The summed E-state index contributed by atoms with van der Waals surface area (Å²) in [6.07, 6.45) is 2.23. The highest BCUT2D eigenvalue weighted by Gasteiger charge is 2.28. The van der Waals surface area contributed by atoms with Gasteiger partial charge in [0.25, 0.3) is 0 Å². The molecule has 2 aliphatic rings. The molecule has 2 atom stereocenters. The Labute approximate surface area is 114 Å². The minimum Gasteiger partial charge on any atom is -0.493 e. The smallest absolute Gasteiger partial charge is 0.127 e. The standard InChI is InChI=1S/C15H22N2O2/c1-17-7-9-18-13(10-17)14(16)12-6-2-4-11-5-3-8-19-15(11)12/h2,4,6,13-14H,3,5,7-10,16H2,1H3. The molecule has 2 unspecified atom stereocenters. The van der Waals surface area contributed by atoms with Crippen LogP contribution in [0.1, 0.15) is 23.6 Å². The maximum absolute atomic E-state index is 6.42. The molecular formula is C15H22N2O2. The number of nitrogens with two attached hydrogens (primary N) is 1. The van der Waals surface area contributed by atoms with Crippen molar-refractivity contribution in [2.75, 3.05) is 33.4 Å². The minimum atomic E-state index is -0.115. The Morgan fingerprint density at radius 3 is 3.11 bits per heavy atom. The van der Waals surface area contributed by atoms with Crippen molar-refractivity contribution in [1.82, 2.24) is 4.90 Å². The molecule has 0 amide bonds. The molecule has 2 heterocycles. The third kappa shape index (κ3) is 2.61. The molecule has 0 aliphatic carbocycles. The van der Waals surface area contributed by atoms with Crippen molar-refractivity contribution in [2.45, 2.75) is 25.0 Å². The van der Waals surface area contributed by atoms with E-state index in [0.29, 0.717) is 0 Å². The van der Waals surface area contributed by atoms with Gasteiger partial charge in [-0.15, -0.1) is 0 Å². The van der Waals surface area contributed by atoms with Crippen molar-refractivity contribution in [1.29, 1.82) is 0 Å². The molecule has 1 aromatic rings. The lowest BCUT2D eigenvalue weighted by atomic mass is 9.95. The molecule has 1 fully saturated rings. The van der Waals surface area contributed by atoms with Gasteiger partial charge >= 0.3 is 0 Å². The first-order valence-corrected chi connectivity index (χ1v) is 7.06. The Morgan fingerprint density at radius 1 is 1.37 bits per heavy atom. The molecule has 1 aromatic carbocycles. The Bertz CT molecular complexity index is 450. The second kappa shape index (κ2) is 5.49. The van der Waals surface area contributed by atoms with Crippen molar-refractivity contribution in [3.05, 3.63) is 29.3 Å². The summed E-state index contributed by atoms with van der Waals surface area (Å²) in [5.74, 6) is 0.998. The summed E-state index contributed by atoms with van der Waals surface area (Å²) in [5, 5.41) is 0. The number of hydrogen-bond acceptors (Lipinski definition) is 4. The topological polar surface area (TPSA) is 47.7 Å². The fourth-order valence-corrected chi connectivity index (χ4v) is 2.91. The number of nitrogens with zero attached hydrogens (tertiary/aromatic N) is 1. The van der Waals surface area contributed by atoms with Gasteiger partial charge < -0.3 is 20.1 Å². The van der Waals surface area contributed by atoms with E-state index in [1.165, 1.54) is 5.56 Å². The van der Waals surface area contributed by atoms with Gasteiger partial charge in [0.05, 0.1) is 25.4 Å². The highest BCUT2D eigenvalue weighted by Crippen LogP contribution is 2.34. The van der Waals surface area contributed by atoms with Gasteiger partial charge in [0, 0.05) is 18.7 Å². The number of para-hydroxylation sites is 1. The van der Waals surface area contributed by atoms with Gasteiger partial charge in [0.2, 0.25) is 0 Å². The molecule has 0 aromatic heterocycles. The number of ether oxygens (including phenoxy) is 2. The molecule has 0 spiro atoms. The van der Waals surface area contributed by atoms with E-state index in [9.17, 15) is 0 Å². The molecule has 2 N–H and O–H groups in total. The third-order valence-corrected chi connectivity index (χ3v) is 4.02. The van der Waals surface area contributed by atoms with E-state index < -0.39 is 0 Å². The molecule has 0 bridgehead atoms. The van der Waals surface area contributed by atoms with Gasteiger partial charge in [0.1, 0.15) is 5.75 Å². The van der Waals surface area contributed by atoms with Crippen LogP contribution in [0.25, 0.3) is 0 Å². The quantitative estimate of drug-likeness (QED) is 0.874. The van der Waals surface area contributed by atoms with Crippen LogP contribution in [-0.4, -0.2) is 44.4 Å². The first kappa shape index (κ1) is 12.9. The Kier molecular flexibility index (Phi) is 3.73. The van der Waals surface area contributed by atoms with E-state index in [1.54, 1.807) is 0 Å². The number of benzene rings is 1. The molecule has 0 radical (unpaired) electrons. The second-order valence-electron chi connectivity index (χ2n) is 5.48. The fraction of sp³-hybridized carbons (Fsp3) is 0.600. The highest BCUT2D eigenvalue weighted by molar-refractivity contribution is 5.44. The lowest BCUT2D eigenvalue weighted by Gasteiger charge is -2.34. The monoisotopic (exact) mass is 262 g/mol. The molecular weight excluding hydrogens is 240 g/mol. The number of hydrogen-bond donors (Lipinski definition) is 1. The number of likely N-dealkylation sites (N-methyl/N-ethyl adjacent to an activating group) is 1. The normalized spacial score (nSPS) is 25.5. The van der Waals surface area contributed by atoms with Crippen molar-refractivity contribution >= 4 is 0 Å². The highest BCUT2D eigenvalue weighted by atomic mass is 16.5. The molecule has 1 saturated heterocycles. The Hall–Kier alpha value is -1.10. The molecule has 2 aliphatic heterocycles. The van der Waals surface area contributed by atoms with Crippen LogP contribution in [-0.2, 0) is 11.2 Å². The zero-order chi connectivity index (χ0) is 13.2. The number of fused-ring (bicyclic) bond motifs is 1. The van der Waals surface area contributed by atoms with Gasteiger partial charge in [-0.3, -0.25) is 0 Å². The lowest BCUT2D eigenvalue weighted by molar-refractivity contribution is -0.0330. The van der Waals surface area contributed by atoms with Gasteiger partial charge in [-0.05, 0) is 25.5 Å². The maximum atomic E-state index is 6.42. The van der Waals surface area contributed by atoms with Crippen LogP contribution in [0.15, 0.2) is 18.2 Å². The first-order valence-electron chi connectivity index (χ1n) is 7.06. The largest absolute Gasteiger partial charge is 0.493 e. The van der Waals surface area contributed by atoms with E-state index >= 15 is 0 Å². The number of morpholine rings is 1. The van der Waals surface area contributed by atoms with E-state index in [4.69, 9.17) is 15.2 Å². The zero-order valence-electron chi connectivity index (χ0n) is 11.5. The summed E-state index contributed by atoms with van der Waals surface area (Å²) in [6, 6.07) is 6.18. The number of aryl methyl sites for hydroxylation is 1. The summed E-state index contributed by atoms with van der Waals surface area (Å²) in [5.41, 5.74) is 8.80. The molecule has 0 saturated carbocycles. The van der Waals surface area contributed by atoms with Crippen molar-refractivity contribution in [3.63, 3.8) is 0 Å². The van der Waals surface area contributed by atoms with Crippen molar-refractivity contribution in [3.8, 4) is 5.75 Å². The SMILES string of the molecule is CN1CCOC(C(N)c2cccc3c2OCCC3)C1. The van der Waals surface area contributed by atoms with E-state index in [2.05, 4.69) is 30.1 Å². The second-order valence-corrected chi connectivity index (χ2v) is 5.48. The van der Waals surface area contributed by atoms with E-state index in [0.717, 1.165) is 50.5 Å². The van der Waals surface area contributed by atoms with Gasteiger partial charge in [0.15, 0.2) is 0 Å². The molecule has 104 valence electrons. The summed E-state index contributed by atoms with van der Waals surface area (Å²) in [6.45, 7) is 3.41. The van der Waals surface area contributed by atoms with Crippen molar-refractivity contribution in [2.24, 2.45) is 5.73 Å². The maximum Gasteiger partial charge on any atom is 0.127 e. The first-order chi connectivity index (χ1) is 9.25. The third-order valence-electron chi connectivity index (χ3n) is 4.02. The average Bonchev–Trinajstić information content (AvgIpc) is 2.46. The number of rotatable bonds is 2. The predicted octanol–water partition coefficient (Wildman–Crippen LogP) is 1.34. The Balaban J connectivity index is 1.84. The summed E-state index contributed by atoms with van der Waals surface area (Å²) in [4.78, 5) is 2.27. The summed E-state index contributed by atoms with van der Waals surface area (Å²) in [7, 11) is 2.11. The fourth-order valence-electron chi connectivity index (χ4n) is 2.91. The van der Waals surface area contributed by atoms with Crippen LogP contribution in [0.4, 0.5) is 0 Å². The molecule has 3 rings (SSSR count). The average molecular weight is 262 g/mol. The summed E-state index contributed by atoms with van der Waals surface area (Å²) < 4.78 is 11.7. The van der Waals surface area contributed by atoms with Crippen LogP contribution >= 0.6 is 0 Å². The van der Waals surface area contributed by atoms with Crippen LogP contribution in [0.3, 0.4) is 0 Å². The minimum absolute atomic E-state index is 0.0516. The molecule has 19 heavy (non-hydrogen) atoms. The van der Waals surface area contributed by atoms with Crippen molar-refractivity contribution < 1.29 is 9.47 Å². The summed E-state index contributed by atoms with van der Waals surface area (Å²) >= 11 is 0. The zero-order valence-corrected chi connectivity index (χ0v) is 11.5. The van der Waals surface area contributed by atoms with Gasteiger partial charge in [-0.2, -0.15) is 0 Å². The van der Waals surface area contributed by atoms with Crippen LogP contribution in [0, 0.1) is 0 Å². The molecule has 4 nitrogen and oxygen atoms in total. The Morgan fingerprint density at radius 2 is 2.26 bits per heavy atom. The predicted molar refractivity (Wildman–Crippen MR) is 74.4 cm³/mol. The molecule has 4 heteroatoms. The lowest BCUT2D eigenvalue weighted by Crippen LogP contribution is -2.45.